The van der Waals surface area contributed by atoms with Gasteiger partial charge in [0, 0.05) is 16.2 Å². The minimum atomic E-state index is 0.276. The SMILES string of the molecule is Cc1ccccc1SCC(=O)Cc1ccc(Br)s1. The van der Waals surface area contributed by atoms with Gasteiger partial charge in [0.1, 0.15) is 5.78 Å². The lowest BCUT2D eigenvalue weighted by atomic mass is 10.2. The summed E-state index contributed by atoms with van der Waals surface area (Å²) in [4.78, 5) is 14.2. The number of carbonyl (C=O) groups excluding carboxylic acids is 1. The zero-order valence-corrected chi connectivity index (χ0v) is 13.2. The second kappa shape index (κ2) is 6.55. The van der Waals surface area contributed by atoms with Crippen LogP contribution in [0.3, 0.4) is 0 Å². The van der Waals surface area contributed by atoms with Crippen LogP contribution >= 0.6 is 39.0 Å². The third kappa shape index (κ3) is 3.97. The predicted octanol–water partition coefficient (Wildman–Crippen LogP) is 4.72. The van der Waals surface area contributed by atoms with Gasteiger partial charge in [-0.25, -0.2) is 0 Å². The Bertz CT molecular complexity index is 548. The van der Waals surface area contributed by atoms with Gasteiger partial charge in [-0.1, -0.05) is 18.2 Å². The van der Waals surface area contributed by atoms with E-state index in [9.17, 15) is 4.79 Å². The van der Waals surface area contributed by atoms with Crippen molar-refractivity contribution in [3.8, 4) is 0 Å². The van der Waals surface area contributed by atoms with Crippen molar-refractivity contribution in [1.29, 1.82) is 0 Å². The van der Waals surface area contributed by atoms with E-state index in [4.69, 9.17) is 0 Å². The Labute approximate surface area is 124 Å². The van der Waals surface area contributed by atoms with Crippen molar-refractivity contribution < 1.29 is 4.79 Å². The summed E-state index contributed by atoms with van der Waals surface area (Å²) >= 11 is 6.66. The van der Waals surface area contributed by atoms with E-state index in [0.717, 1.165) is 8.66 Å². The molecule has 0 bridgehead atoms. The quantitative estimate of drug-likeness (QED) is 0.732. The van der Waals surface area contributed by atoms with Gasteiger partial charge < -0.3 is 0 Å². The van der Waals surface area contributed by atoms with Gasteiger partial charge >= 0.3 is 0 Å². The highest BCUT2D eigenvalue weighted by molar-refractivity contribution is 9.11. The highest BCUT2D eigenvalue weighted by Gasteiger charge is 2.07. The van der Waals surface area contributed by atoms with Gasteiger partial charge in [-0.2, -0.15) is 0 Å². The average Bonchev–Trinajstić information content (AvgIpc) is 2.74. The lowest BCUT2D eigenvalue weighted by Gasteiger charge is -2.03. The van der Waals surface area contributed by atoms with Crippen molar-refractivity contribution in [2.24, 2.45) is 0 Å². The van der Waals surface area contributed by atoms with Gasteiger partial charge in [-0.05, 0) is 46.6 Å². The number of rotatable bonds is 5. The van der Waals surface area contributed by atoms with E-state index in [-0.39, 0.29) is 5.78 Å². The fourth-order valence-electron chi connectivity index (χ4n) is 1.57. The largest absolute Gasteiger partial charge is 0.298 e. The molecule has 4 heteroatoms. The molecular formula is C14H13BrOS2. The van der Waals surface area contributed by atoms with E-state index in [0.29, 0.717) is 12.2 Å². The fraction of sp³-hybridized carbons (Fsp3) is 0.214. The number of hydrogen-bond acceptors (Lipinski definition) is 3. The van der Waals surface area contributed by atoms with Crippen molar-refractivity contribution in [3.63, 3.8) is 0 Å². The molecule has 0 saturated carbocycles. The monoisotopic (exact) mass is 340 g/mol. The van der Waals surface area contributed by atoms with E-state index < -0.39 is 0 Å². The van der Waals surface area contributed by atoms with Crippen molar-refractivity contribution in [3.05, 3.63) is 50.6 Å². The van der Waals surface area contributed by atoms with Crippen LogP contribution in [0.5, 0.6) is 0 Å². The van der Waals surface area contributed by atoms with E-state index in [1.54, 1.807) is 23.1 Å². The van der Waals surface area contributed by atoms with Crippen LogP contribution in [0, 0.1) is 6.92 Å². The molecule has 0 saturated heterocycles. The first-order valence-electron chi connectivity index (χ1n) is 5.59. The standard InChI is InChI=1S/C14H13BrOS2/c1-10-4-2-3-5-13(10)17-9-11(16)8-12-6-7-14(15)18-12/h2-7H,8-9H2,1H3. The molecule has 0 radical (unpaired) electrons. The van der Waals surface area contributed by atoms with Crippen LogP contribution < -0.4 is 0 Å². The summed E-state index contributed by atoms with van der Waals surface area (Å²) in [6, 6.07) is 12.2. The van der Waals surface area contributed by atoms with Gasteiger partial charge in [-0.3, -0.25) is 4.79 Å². The molecule has 1 aromatic carbocycles. The van der Waals surface area contributed by atoms with Crippen LogP contribution in [0.4, 0.5) is 0 Å². The lowest BCUT2D eigenvalue weighted by Crippen LogP contribution is -2.04. The number of hydrogen-bond donors (Lipinski definition) is 0. The van der Waals surface area contributed by atoms with Gasteiger partial charge in [0.25, 0.3) is 0 Å². The molecule has 1 nitrogen and oxygen atoms in total. The van der Waals surface area contributed by atoms with Gasteiger partial charge in [-0.15, -0.1) is 23.1 Å². The molecule has 0 N–H and O–H groups in total. The highest BCUT2D eigenvalue weighted by Crippen LogP contribution is 2.25. The molecule has 18 heavy (non-hydrogen) atoms. The summed E-state index contributed by atoms with van der Waals surface area (Å²) < 4.78 is 1.08. The Hall–Kier alpha value is -0.580. The van der Waals surface area contributed by atoms with Crippen LogP contribution in [-0.4, -0.2) is 11.5 Å². The van der Waals surface area contributed by atoms with Crippen molar-refractivity contribution in [2.75, 3.05) is 5.75 Å². The number of carbonyl (C=O) groups is 1. The Morgan fingerprint density at radius 1 is 1.28 bits per heavy atom. The molecule has 94 valence electrons. The molecule has 0 spiro atoms. The number of aryl methyl sites for hydroxylation is 1. The Morgan fingerprint density at radius 3 is 2.72 bits per heavy atom. The second-order valence-corrected chi connectivity index (χ2v) is 7.54. The third-order valence-corrected chi connectivity index (χ3v) is 5.34. The van der Waals surface area contributed by atoms with Crippen molar-refractivity contribution >= 4 is 44.8 Å². The molecule has 2 rings (SSSR count). The van der Waals surface area contributed by atoms with Gasteiger partial charge in [0.2, 0.25) is 0 Å². The molecule has 0 fully saturated rings. The van der Waals surface area contributed by atoms with Crippen LogP contribution in [0.15, 0.2) is 45.1 Å². The summed E-state index contributed by atoms with van der Waals surface area (Å²) in [5.41, 5.74) is 1.23. The molecule has 0 aliphatic rings. The van der Waals surface area contributed by atoms with Crippen molar-refractivity contribution in [1.82, 2.24) is 0 Å². The number of ketones is 1. The first-order chi connectivity index (χ1) is 8.65. The summed E-state index contributed by atoms with van der Waals surface area (Å²) in [5, 5.41) is 0. The van der Waals surface area contributed by atoms with Gasteiger partial charge in [0.15, 0.2) is 0 Å². The number of thiophene rings is 1. The molecule has 0 aliphatic heterocycles. The van der Waals surface area contributed by atoms with Crippen molar-refractivity contribution in [2.45, 2.75) is 18.2 Å². The Balaban J connectivity index is 1.87. The molecule has 2 aromatic rings. The smallest absolute Gasteiger partial charge is 0.148 e. The minimum absolute atomic E-state index is 0.276. The zero-order valence-electron chi connectivity index (χ0n) is 9.98. The fourth-order valence-corrected chi connectivity index (χ4v) is 3.97. The Kier molecular flexibility index (Phi) is 5.03. The number of halogens is 1. The van der Waals surface area contributed by atoms with E-state index in [2.05, 4.69) is 35.0 Å². The first-order valence-corrected chi connectivity index (χ1v) is 8.19. The third-order valence-electron chi connectivity index (χ3n) is 2.48. The van der Waals surface area contributed by atoms with Crippen LogP contribution in [0.1, 0.15) is 10.4 Å². The number of benzene rings is 1. The second-order valence-electron chi connectivity index (χ2n) is 3.98. The zero-order chi connectivity index (χ0) is 13.0. The molecule has 0 aliphatic carbocycles. The maximum Gasteiger partial charge on any atom is 0.148 e. The predicted molar refractivity (Wildman–Crippen MR) is 82.6 cm³/mol. The lowest BCUT2D eigenvalue weighted by molar-refractivity contribution is -0.115. The topological polar surface area (TPSA) is 17.1 Å². The molecular weight excluding hydrogens is 328 g/mol. The normalized spacial score (nSPS) is 10.6. The highest BCUT2D eigenvalue weighted by atomic mass is 79.9. The molecule has 1 heterocycles. The molecule has 1 aromatic heterocycles. The maximum atomic E-state index is 11.9. The summed E-state index contributed by atoms with van der Waals surface area (Å²) in [5.74, 6) is 0.818. The van der Waals surface area contributed by atoms with E-state index in [1.807, 2.05) is 24.3 Å². The van der Waals surface area contributed by atoms with Crippen LogP contribution in [-0.2, 0) is 11.2 Å². The van der Waals surface area contributed by atoms with Gasteiger partial charge in [0.05, 0.1) is 9.54 Å². The molecule has 0 unspecified atom stereocenters. The molecule has 0 atom stereocenters. The maximum absolute atomic E-state index is 11.9. The summed E-state index contributed by atoms with van der Waals surface area (Å²) in [7, 11) is 0. The summed E-state index contributed by atoms with van der Waals surface area (Å²) in [6.07, 6.45) is 0.537. The van der Waals surface area contributed by atoms with E-state index >= 15 is 0 Å². The summed E-state index contributed by atoms with van der Waals surface area (Å²) in [6.45, 7) is 2.07. The Morgan fingerprint density at radius 2 is 2.06 bits per heavy atom. The van der Waals surface area contributed by atoms with E-state index in [1.165, 1.54) is 10.5 Å². The minimum Gasteiger partial charge on any atom is -0.298 e. The number of Topliss-reactive ketones (excluding diaryl/α,β-unsaturated/α-hetero) is 1. The van der Waals surface area contributed by atoms with Crippen LogP contribution in [0.25, 0.3) is 0 Å². The number of thioether (sulfide) groups is 1. The molecule has 0 amide bonds. The average molecular weight is 341 g/mol. The van der Waals surface area contributed by atoms with Crippen LogP contribution in [0.2, 0.25) is 0 Å². The first kappa shape index (κ1) is 13.8.